The van der Waals surface area contributed by atoms with Gasteiger partial charge in [0.15, 0.2) is 0 Å². The Labute approximate surface area is 104 Å². The predicted octanol–water partition coefficient (Wildman–Crippen LogP) is 2.05. The zero-order valence-electron chi connectivity index (χ0n) is 10.00. The van der Waals surface area contributed by atoms with Crippen molar-refractivity contribution >= 4 is 17.5 Å². The quantitative estimate of drug-likeness (QED) is 0.569. The molecular formula is C11H15N3O4. The first-order chi connectivity index (χ1) is 8.56. The Balaban J connectivity index is 2.86. The molecule has 7 nitrogen and oxygen atoms in total. The van der Waals surface area contributed by atoms with Crippen LogP contribution in [0.4, 0.5) is 11.5 Å². The SMILES string of the molecule is CCCC[C@H](Nc1ncccc1[N+](=O)[O-])C(=O)O. The number of nitrogens with zero attached hydrogens (tertiary/aromatic N) is 2. The van der Waals surface area contributed by atoms with Gasteiger partial charge in [0.05, 0.1) is 4.92 Å². The number of nitrogens with one attached hydrogen (secondary N) is 1. The molecule has 0 aliphatic heterocycles. The fourth-order valence-electron chi connectivity index (χ4n) is 1.49. The minimum atomic E-state index is -1.04. The summed E-state index contributed by atoms with van der Waals surface area (Å²) in [6.45, 7) is 1.95. The molecule has 0 bridgehead atoms. The highest BCUT2D eigenvalue weighted by molar-refractivity contribution is 5.77. The van der Waals surface area contributed by atoms with Crippen molar-refractivity contribution in [2.75, 3.05) is 5.32 Å². The lowest BCUT2D eigenvalue weighted by atomic mass is 10.1. The highest BCUT2D eigenvalue weighted by atomic mass is 16.6. The molecule has 0 saturated heterocycles. The van der Waals surface area contributed by atoms with Crippen molar-refractivity contribution in [3.63, 3.8) is 0 Å². The van der Waals surface area contributed by atoms with Crippen LogP contribution in [0.2, 0.25) is 0 Å². The molecule has 0 aromatic carbocycles. The first kappa shape index (κ1) is 13.9. The summed E-state index contributed by atoms with van der Waals surface area (Å²) >= 11 is 0. The summed E-state index contributed by atoms with van der Waals surface area (Å²) in [6, 6.07) is 1.86. The van der Waals surface area contributed by atoms with Crippen molar-refractivity contribution in [1.29, 1.82) is 0 Å². The summed E-state index contributed by atoms with van der Waals surface area (Å²) < 4.78 is 0. The molecule has 0 radical (unpaired) electrons. The second-order valence-corrected chi connectivity index (χ2v) is 3.81. The molecular weight excluding hydrogens is 238 g/mol. The van der Waals surface area contributed by atoms with Crippen molar-refractivity contribution < 1.29 is 14.8 Å². The normalized spacial score (nSPS) is 11.8. The number of pyridine rings is 1. The molecule has 0 fully saturated rings. The summed E-state index contributed by atoms with van der Waals surface area (Å²) in [4.78, 5) is 25.0. The highest BCUT2D eigenvalue weighted by Gasteiger charge is 2.22. The molecule has 1 heterocycles. The zero-order chi connectivity index (χ0) is 13.5. The second kappa shape index (κ2) is 6.53. The van der Waals surface area contributed by atoms with E-state index in [9.17, 15) is 14.9 Å². The van der Waals surface area contributed by atoms with Crippen LogP contribution in [-0.2, 0) is 4.79 Å². The monoisotopic (exact) mass is 253 g/mol. The third kappa shape index (κ3) is 3.69. The van der Waals surface area contributed by atoms with Gasteiger partial charge in [-0.1, -0.05) is 19.8 Å². The minimum absolute atomic E-state index is 0.00833. The van der Waals surface area contributed by atoms with Gasteiger partial charge in [0.1, 0.15) is 6.04 Å². The van der Waals surface area contributed by atoms with Gasteiger partial charge in [0.2, 0.25) is 5.82 Å². The van der Waals surface area contributed by atoms with Crippen LogP contribution in [0, 0.1) is 10.1 Å². The van der Waals surface area contributed by atoms with E-state index in [2.05, 4.69) is 10.3 Å². The largest absolute Gasteiger partial charge is 0.480 e. The van der Waals surface area contributed by atoms with Crippen LogP contribution in [0.3, 0.4) is 0 Å². The minimum Gasteiger partial charge on any atom is -0.480 e. The smallest absolute Gasteiger partial charge is 0.326 e. The summed E-state index contributed by atoms with van der Waals surface area (Å²) in [5.74, 6) is -1.05. The number of unbranched alkanes of at least 4 members (excludes halogenated alkanes) is 1. The number of hydrogen-bond donors (Lipinski definition) is 2. The Morgan fingerprint density at radius 2 is 2.39 bits per heavy atom. The van der Waals surface area contributed by atoms with Gasteiger partial charge >= 0.3 is 11.7 Å². The summed E-state index contributed by atoms with van der Waals surface area (Å²) in [6.07, 6.45) is 3.37. The molecule has 1 rings (SSSR count). The molecule has 1 aromatic rings. The van der Waals surface area contributed by atoms with Crippen LogP contribution in [0.15, 0.2) is 18.3 Å². The fourth-order valence-corrected chi connectivity index (χ4v) is 1.49. The predicted molar refractivity (Wildman–Crippen MR) is 65.5 cm³/mol. The summed E-state index contributed by atoms with van der Waals surface area (Å²) in [5, 5.41) is 22.4. The van der Waals surface area contributed by atoms with Crippen molar-refractivity contribution in [1.82, 2.24) is 4.98 Å². The molecule has 0 aliphatic carbocycles. The molecule has 0 saturated carbocycles. The first-order valence-electron chi connectivity index (χ1n) is 5.65. The van der Waals surface area contributed by atoms with Crippen molar-refractivity contribution in [2.45, 2.75) is 32.2 Å². The van der Waals surface area contributed by atoms with E-state index in [4.69, 9.17) is 5.11 Å². The molecule has 7 heteroatoms. The maximum absolute atomic E-state index is 11.0. The van der Waals surface area contributed by atoms with E-state index >= 15 is 0 Å². The summed E-state index contributed by atoms with van der Waals surface area (Å²) in [7, 11) is 0. The number of aromatic nitrogens is 1. The van der Waals surface area contributed by atoms with Gasteiger partial charge in [0, 0.05) is 12.3 Å². The van der Waals surface area contributed by atoms with E-state index in [0.29, 0.717) is 6.42 Å². The van der Waals surface area contributed by atoms with E-state index in [1.54, 1.807) is 0 Å². The Kier molecular flexibility index (Phi) is 5.04. The molecule has 0 amide bonds. The Morgan fingerprint density at radius 3 is 2.94 bits per heavy atom. The number of anilines is 1. The topological polar surface area (TPSA) is 105 Å². The molecule has 2 N–H and O–H groups in total. The van der Waals surface area contributed by atoms with E-state index in [-0.39, 0.29) is 11.5 Å². The maximum atomic E-state index is 11.0. The van der Waals surface area contributed by atoms with Crippen LogP contribution < -0.4 is 5.32 Å². The maximum Gasteiger partial charge on any atom is 0.326 e. The third-order valence-corrected chi connectivity index (χ3v) is 2.44. The van der Waals surface area contributed by atoms with Crippen molar-refractivity contribution in [3.8, 4) is 0 Å². The van der Waals surface area contributed by atoms with Gasteiger partial charge in [-0.05, 0) is 12.5 Å². The fraction of sp³-hybridized carbons (Fsp3) is 0.455. The average molecular weight is 253 g/mol. The number of carbonyl (C=O) groups is 1. The molecule has 1 aromatic heterocycles. The average Bonchev–Trinajstić information content (AvgIpc) is 2.34. The molecule has 0 aliphatic rings. The standard InChI is InChI=1S/C11H15N3O4/c1-2-3-5-8(11(15)16)13-10-9(14(17)18)6-4-7-12-10/h4,6-8H,2-3,5H2,1H3,(H,12,13)(H,15,16)/t8-/m0/s1. The number of carboxylic acids is 1. The van der Waals surface area contributed by atoms with Crippen LogP contribution in [0.5, 0.6) is 0 Å². The number of aliphatic carboxylic acids is 1. The third-order valence-electron chi connectivity index (χ3n) is 2.44. The lowest BCUT2D eigenvalue weighted by molar-refractivity contribution is -0.384. The van der Waals surface area contributed by atoms with Crippen LogP contribution in [-0.4, -0.2) is 27.0 Å². The molecule has 0 spiro atoms. The molecule has 18 heavy (non-hydrogen) atoms. The van der Waals surface area contributed by atoms with Gasteiger partial charge in [0.25, 0.3) is 0 Å². The van der Waals surface area contributed by atoms with Gasteiger partial charge in [-0.15, -0.1) is 0 Å². The van der Waals surface area contributed by atoms with Crippen molar-refractivity contribution in [3.05, 3.63) is 28.4 Å². The summed E-state index contributed by atoms with van der Waals surface area (Å²) in [5.41, 5.74) is -0.222. The lowest BCUT2D eigenvalue weighted by Gasteiger charge is -2.14. The van der Waals surface area contributed by atoms with Crippen molar-refractivity contribution in [2.24, 2.45) is 0 Å². The van der Waals surface area contributed by atoms with Crippen LogP contribution in [0.1, 0.15) is 26.2 Å². The number of hydrogen-bond acceptors (Lipinski definition) is 5. The van der Waals surface area contributed by atoms with E-state index in [0.717, 1.165) is 12.8 Å². The Morgan fingerprint density at radius 1 is 1.67 bits per heavy atom. The Bertz CT molecular complexity index is 436. The van der Waals surface area contributed by atoms with Gasteiger partial charge in [-0.25, -0.2) is 9.78 Å². The van der Waals surface area contributed by atoms with Gasteiger partial charge in [-0.2, -0.15) is 0 Å². The lowest BCUT2D eigenvalue weighted by Crippen LogP contribution is -2.29. The highest BCUT2D eigenvalue weighted by Crippen LogP contribution is 2.22. The first-order valence-corrected chi connectivity index (χ1v) is 5.65. The number of rotatable bonds is 7. The molecule has 98 valence electrons. The zero-order valence-corrected chi connectivity index (χ0v) is 10.00. The van der Waals surface area contributed by atoms with Gasteiger partial charge in [-0.3, -0.25) is 10.1 Å². The van der Waals surface area contributed by atoms with E-state index in [1.165, 1.54) is 18.3 Å². The van der Waals surface area contributed by atoms with Crippen LogP contribution in [0.25, 0.3) is 0 Å². The van der Waals surface area contributed by atoms with E-state index in [1.807, 2.05) is 6.92 Å². The van der Waals surface area contributed by atoms with Crippen LogP contribution >= 0.6 is 0 Å². The van der Waals surface area contributed by atoms with E-state index < -0.39 is 16.9 Å². The number of nitro groups is 1. The molecule has 0 unspecified atom stereocenters. The van der Waals surface area contributed by atoms with Gasteiger partial charge < -0.3 is 10.4 Å². The second-order valence-electron chi connectivity index (χ2n) is 3.81. The Hall–Kier alpha value is -2.18. The molecule has 1 atom stereocenters. The number of carboxylic acid groups (broad SMARTS) is 1.